The highest BCUT2D eigenvalue weighted by atomic mass is 16.5. The molecule has 54 valence electrons. The van der Waals surface area contributed by atoms with E-state index >= 15 is 0 Å². The molecule has 0 aromatic carbocycles. The van der Waals surface area contributed by atoms with Gasteiger partial charge in [-0.2, -0.15) is 0 Å². The van der Waals surface area contributed by atoms with E-state index in [1.165, 1.54) is 0 Å². The van der Waals surface area contributed by atoms with Crippen LogP contribution in [0.3, 0.4) is 0 Å². The summed E-state index contributed by atoms with van der Waals surface area (Å²) in [7, 11) is 0. The van der Waals surface area contributed by atoms with Crippen molar-refractivity contribution in [1.29, 1.82) is 0 Å². The number of rotatable bonds is 1. The van der Waals surface area contributed by atoms with Crippen LogP contribution in [0.1, 0.15) is 20.3 Å². The molecule has 1 heterocycles. The molecule has 0 aromatic heterocycles. The van der Waals surface area contributed by atoms with Gasteiger partial charge < -0.3 is 10.5 Å². The zero-order valence-corrected chi connectivity index (χ0v) is 6.13. The maximum Gasteiger partial charge on any atom is 0.0749 e. The third-order valence-electron chi connectivity index (χ3n) is 1.84. The number of nitrogens with two attached hydrogens (primary N) is 1. The molecule has 1 saturated heterocycles. The lowest BCUT2D eigenvalue weighted by molar-refractivity contribution is 0.0687. The Morgan fingerprint density at radius 3 is 2.44 bits per heavy atom. The van der Waals surface area contributed by atoms with Crippen molar-refractivity contribution in [3.63, 3.8) is 0 Å². The van der Waals surface area contributed by atoms with Crippen molar-refractivity contribution in [3.05, 3.63) is 0 Å². The van der Waals surface area contributed by atoms with E-state index in [4.69, 9.17) is 10.5 Å². The average molecular weight is 129 g/mol. The number of hydrogen-bond acceptors (Lipinski definition) is 2. The molecule has 0 unspecified atom stereocenters. The molecule has 0 radical (unpaired) electrons. The summed E-state index contributed by atoms with van der Waals surface area (Å²) in [5, 5.41) is 0. The highest BCUT2D eigenvalue weighted by Crippen LogP contribution is 2.18. The fraction of sp³-hybridized carbons (Fsp3) is 1.00. The van der Waals surface area contributed by atoms with E-state index in [2.05, 4.69) is 13.8 Å². The summed E-state index contributed by atoms with van der Waals surface area (Å²) in [6.07, 6.45) is 1.34. The summed E-state index contributed by atoms with van der Waals surface area (Å²) in [5.41, 5.74) is 5.75. The van der Waals surface area contributed by atoms with Gasteiger partial charge in [0, 0.05) is 12.6 Å². The second kappa shape index (κ2) is 2.67. The van der Waals surface area contributed by atoms with Crippen LogP contribution in [0.2, 0.25) is 0 Å². The monoisotopic (exact) mass is 129 g/mol. The molecule has 0 bridgehead atoms. The molecule has 2 N–H and O–H groups in total. The van der Waals surface area contributed by atoms with Crippen LogP contribution in [0.15, 0.2) is 0 Å². The van der Waals surface area contributed by atoms with Gasteiger partial charge >= 0.3 is 0 Å². The Balaban J connectivity index is 2.40. The van der Waals surface area contributed by atoms with E-state index in [1.54, 1.807) is 0 Å². The summed E-state index contributed by atoms with van der Waals surface area (Å²) >= 11 is 0. The first-order valence-electron chi connectivity index (χ1n) is 3.59. The number of ether oxygens (including phenoxy) is 1. The van der Waals surface area contributed by atoms with Crippen molar-refractivity contribution < 1.29 is 4.74 Å². The zero-order chi connectivity index (χ0) is 6.85. The normalized spacial score (nSPS) is 36.0. The highest BCUT2D eigenvalue weighted by Gasteiger charge is 2.26. The first kappa shape index (κ1) is 7.03. The summed E-state index contributed by atoms with van der Waals surface area (Å²) in [6, 6.07) is 0.282. The summed E-state index contributed by atoms with van der Waals surface area (Å²) in [4.78, 5) is 0. The predicted octanol–water partition coefficient (Wildman–Crippen LogP) is 0.759. The van der Waals surface area contributed by atoms with Gasteiger partial charge in [-0.05, 0) is 12.3 Å². The highest BCUT2D eigenvalue weighted by molar-refractivity contribution is 4.80. The topological polar surface area (TPSA) is 35.2 Å². The molecule has 1 fully saturated rings. The van der Waals surface area contributed by atoms with Crippen molar-refractivity contribution >= 4 is 0 Å². The summed E-state index contributed by atoms with van der Waals surface area (Å²) < 4.78 is 5.40. The van der Waals surface area contributed by atoms with Crippen LogP contribution >= 0.6 is 0 Å². The van der Waals surface area contributed by atoms with Crippen LogP contribution < -0.4 is 5.73 Å². The van der Waals surface area contributed by atoms with E-state index in [1.807, 2.05) is 0 Å². The molecule has 1 aliphatic rings. The third kappa shape index (κ3) is 1.43. The van der Waals surface area contributed by atoms with Gasteiger partial charge in [0.25, 0.3) is 0 Å². The minimum atomic E-state index is 0.282. The molecule has 0 spiro atoms. The molecule has 0 aromatic rings. The van der Waals surface area contributed by atoms with Crippen molar-refractivity contribution in [2.45, 2.75) is 32.4 Å². The van der Waals surface area contributed by atoms with Crippen LogP contribution in [0, 0.1) is 5.92 Å². The Bertz CT molecular complexity index is 92.9. The quantitative estimate of drug-likeness (QED) is 0.567. The Morgan fingerprint density at radius 1 is 1.56 bits per heavy atom. The molecule has 0 aliphatic carbocycles. The molecule has 9 heavy (non-hydrogen) atoms. The Kier molecular flexibility index (Phi) is 2.09. The SMILES string of the molecule is CC(C)[C@H]1OCC[C@@H]1N. The lowest BCUT2D eigenvalue weighted by Gasteiger charge is -2.17. The van der Waals surface area contributed by atoms with E-state index in [0.29, 0.717) is 12.0 Å². The summed E-state index contributed by atoms with van der Waals surface area (Å²) in [5.74, 6) is 0.572. The van der Waals surface area contributed by atoms with E-state index in [0.717, 1.165) is 13.0 Å². The fourth-order valence-electron chi connectivity index (χ4n) is 1.31. The lowest BCUT2D eigenvalue weighted by atomic mass is 10.0. The van der Waals surface area contributed by atoms with Crippen LogP contribution in [0.4, 0.5) is 0 Å². The Hall–Kier alpha value is -0.0800. The molecule has 2 nitrogen and oxygen atoms in total. The second-order valence-electron chi connectivity index (χ2n) is 3.03. The maximum atomic E-state index is 5.75. The minimum Gasteiger partial charge on any atom is -0.376 e. The van der Waals surface area contributed by atoms with Crippen molar-refractivity contribution in [2.75, 3.05) is 6.61 Å². The van der Waals surface area contributed by atoms with Gasteiger partial charge in [0.05, 0.1) is 6.10 Å². The smallest absolute Gasteiger partial charge is 0.0749 e. The Labute approximate surface area is 56.4 Å². The van der Waals surface area contributed by atoms with E-state index in [9.17, 15) is 0 Å². The molecular formula is C7H15NO. The maximum absolute atomic E-state index is 5.75. The zero-order valence-electron chi connectivity index (χ0n) is 6.13. The molecule has 1 aliphatic heterocycles. The largest absolute Gasteiger partial charge is 0.376 e. The molecule has 2 atom stereocenters. The van der Waals surface area contributed by atoms with Crippen LogP contribution in [0.25, 0.3) is 0 Å². The van der Waals surface area contributed by atoms with Crippen LogP contribution in [0.5, 0.6) is 0 Å². The number of hydrogen-bond donors (Lipinski definition) is 1. The average Bonchev–Trinajstić information content (AvgIpc) is 2.13. The molecular weight excluding hydrogens is 114 g/mol. The van der Waals surface area contributed by atoms with Gasteiger partial charge in [0.15, 0.2) is 0 Å². The Morgan fingerprint density at radius 2 is 2.22 bits per heavy atom. The molecule has 2 heteroatoms. The molecule has 0 amide bonds. The third-order valence-corrected chi connectivity index (χ3v) is 1.84. The lowest BCUT2D eigenvalue weighted by Crippen LogP contribution is -2.33. The van der Waals surface area contributed by atoms with E-state index < -0.39 is 0 Å². The van der Waals surface area contributed by atoms with Crippen LogP contribution in [-0.4, -0.2) is 18.8 Å². The first-order valence-corrected chi connectivity index (χ1v) is 3.59. The van der Waals surface area contributed by atoms with Gasteiger partial charge in [-0.1, -0.05) is 13.8 Å². The van der Waals surface area contributed by atoms with E-state index in [-0.39, 0.29) is 6.04 Å². The van der Waals surface area contributed by atoms with Gasteiger partial charge in [-0.3, -0.25) is 0 Å². The fourth-order valence-corrected chi connectivity index (χ4v) is 1.31. The predicted molar refractivity (Wildman–Crippen MR) is 37.2 cm³/mol. The van der Waals surface area contributed by atoms with Gasteiger partial charge in [-0.15, -0.1) is 0 Å². The molecule has 1 rings (SSSR count). The van der Waals surface area contributed by atoms with Gasteiger partial charge in [0.1, 0.15) is 0 Å². The first-order chi connectivity index (χ1) is 4.22. The standard InChI is InChI=1S/C7H15NO/c1-5(2)7-6(8)3-4-9-7/h5-7H,3-4,8H2,1-2H3/t6-,7+/m0/s1. The second-order valence-corrected chi connectivity index (χ2v) is 3.03. The molecule has 0 saturated carbocycles. The van der Waals surface area contributed by atoms with Crippen molar-refractivity contribution in [3.8, 4) is 0 Å². The van der Waals surface area contributed by atoms with Crippen LogP contribution in [-0.2, 0) is 4.74 Å². The van der Waals surface area contributed by atoms with Crippen molar-refractivity contribution in [2.24, 2.45) is 11.7 Å². The van der Waals surface area contributed by atoms with Crippen molar-refractivity contribution in [1.82, 2.24) is 0 Å². The summed E-state index contributed by atoms with van der Waals surface area (Å²) in [6.45, 7) is 5.15. The van der Waals surface area contributed by atoms with Gasteiger partial charge in [-0.25, -0.2) is 0 Å². The van der Waals surface area contributed by atoms with Gasteiger partial charge in [0.2, 0.25) is 0 Å². The minimum absolute atomic E-state index is 0.282.